The van der Waals surface area contributed by atoms with Crippen molar-refractivity contribution < 1.29 is 0 Å². The zero-order chi connectivity index (χ0) is 13.8. The molecule has 2 fully saturated rings. The van der Waals surface area contributed by atoms with Crippen molar-refractivity contribution in [3.63, 3.8) is 0 Å². The Morgan fingerprint density at radius 3 is 2.50 bits per heavy atom. The van der Waals surface area contributed by atoms with Crippen LogP contribution in [-0.4, -0.2) is 36.3 Å². The Morgan fingerprint density at radius 1 is 1.05 bits per heavy atom. The number of likely N-dealkylation sites (tertiary alicyclic amines) is 1. The molecule has 1 aliphatic carbocycles. The normalized spacial score (nSPS) is 24.9. The monoisotopic (exact) mass is 290 g/mol. The van der Waals surface area contributed by atoms with Gasteiger partial charge in [0.05, 0.1) is 0 Å². The molecule has 0 amide bonds. The summed E-state index contributed by atoms with van der Waals surface area (Å²) in [7, 11) is 2.22. The molecule has 3 heteroatoms. The lowest BCUT2D eigenvalue weighted by atomic mass is 10.1. The third kappa shape index (κ3) is 3.92. The van der Waals surface area contributed by atoms with Crippen LogP contribution in [-0.2, 0) is 0 Å². The average molecular weight is 290 g/mol. The fourth-order valence-corrected chi connectivity index (χ4v) is 4.60. The van der Waals surface area contributed by atoms with Gasteiger partial charge in [-0.2, -0.15) is 0 Å². The van der Waals surface area contributed by atoms with Gasteiger partial charge < -0.3 is 10.2 Å². The predicted molar refractivity (Wildman–Crippen MR) is 88.7 cm³/mol. The van der Waals surface area contributed by atoms with Crippen molar-refractivity contribution in [2.75, 3.05) is 25.5 Å². The largest absolute Gasteiger partial charge is 0.381 e. The highest BCUT2D eigenvalue weighted by atomic mass is 32.2. The Hall–Kier alpha value is -0.670. The summed E-state index contributed by atoms with van der Waals surface area (Å²) in [6, 6.07) is 9.70. The van der Waals surface area contributed by atoms with Crippen molar-refractivity contribution >= 4 is 17.4 Å². The Bertz CT molecular complexity index is 412. The number of hydrogen-bond acceptors (Lipinski definition) is 3. The standard InChI is InChI=1S/C17H26N2S/c1-19-12-4-5-15(13-19)18-14-8-10-17(11-9-14)20-16-6-2-3-7-16/h8-11,15-16,18H,2-7,12-13H2,1H3. The van der Waals surface area contributed by atoms with Crippen LogP contribution in [0.3, 0.4) is 0 Å². The molecule has 1 aromatic rings. The molecule has 2 nitrogen and oxygen atoms in total. The van der Waals surface area contributed by atoms with E-state index in [-0.39, 0.29) is 0 Å². The number of benzene rings is 1. The van der Waals surface area contributed by atoms with E-state index in [0.717, 1.165) is 5.25 Å². The van der Waals surface area contributed by atoms with Crippen molar-refractivity contribution in [3.05, 3.63) is 24.3 Å². The van der Waals surface area contributed by atoms with Crippen LogP contribution in [0.15, 0.2) is 29.2 Å². The van der Waals surface area contributed by atoms with Gasteiger partial charge in [0.15, 0.2) is 0 Å². The lowest BCUT2D eigenvalue weighted by Gasteiger charge is -2.30. The zero-order valence-electron chi connectivity index (χ0n) is 12.5. The molecule has 1 atom stereocenters. The minimum Gasteiger partial charge on any atom is -0.381 e. The Morgan fingerprint density at radius 2 is 1.80 bits per heavy atom. The van der Waals surface area contributed by atoms with Crippen LogP contribution in [0.1, 0.15) is 38.5 Å². The topological polar surface area (TPSA) is 15.3 Å². The van der Waals surface area contributed by atoms with Gasteiger partial charge in [0.25, 0.3) is 0 Å². The highest BCUT2D eigenvalue weighted by Crippen LogP contribution is 2.35. The number of piperidine rings is 1. The molecule has 1 unspecified atom stereocenters. The first-order valence-corrected chi connectivity index (χ1v) is 8.89. The molecule has 1 aromatic carbocycles. The lowest BCUT2D eigenvalue weighted by molar-refractivity contribution is 0.261. The molecule has 20 heavy (non-hydrogen) atoms. The van der Waals surface area contributed by atoms with Crippen molar-refractivity contribution in [3.8, 4) is 0 Å². The first-order chi connectivity index (χ1) is 9.79. The van der Waals surface area contributed by atoms with Crippen molar-refractivity contribution in [2.45, 2.75) is 54.7 Å². The van der Waals surface area contributed by atoms with Gasteiger partial charge in [0, 0.05) is 28.4 Å². The number of thioether (sulfide) groups is 1. The first kappa shape index (κ1) is 14.3. The summed E-state index contributed by atoms with van der Waals surface area (Å²) in [5.41, 5.74) is 1.28. The van der Waals surface area contributed by atoms with Crippen LogP contribution >= 0.6 is 11.8 Å². The van der Waals surface area contributed by atoms with E-state index in [1.54, 1.807) is 0 Å². The Kier molecular flexibility index (Phi) is 4.90. The molecule has 1 aliphatic heterocycles. The second kappa shape index (κ2) is 6.86. The summed E-state index contributed by atoms with van der Waals surface area (Å²) in [6.07, 6.45) is 8.25. The molecule has 0 radical (unpaired) electrons. The van der Waals surface area contributed by atoms with Crippen LogP contribution in [0.5, 0.6) is 0 Å². The SMILES string of the molecule is CN1CCCC(Nc2ccc(SC3CCCC3)cc2)C1. The van der Waals surface area contributed by atoms with Crippen LogP contribution < -0.4 is 5.32 Å². The van der Waals surface area contributed by atoms with E-state index >= 15 is 0 Å². The summed E-state index contributed by atoms with van der Waals surface area (Å²) < 4.78 is 0. The number of hydrogen-bond donors (Lipinski definition) is 1. The quantitative estimate of drug-likeness (QED) is 0.893. The van der Waals surface area contributed by atoms with Crippen LogP contribution in [0.4, 0.5) is 5.69 Å². The third-order valence-corrected chi connectivity index (χ3v) is 5.80. The van der Waals surface area contributed by atoms with Gasteiger partial charge in [-0.25, -0.2) is 0 Å². The lowest BCUT2D eigenvalue weighted by Crippen LogP contribution is -2.39. The maximum atomic E-state index is 3.68. The average Bonchev–Trinajstić information content (AvgIpc) is 2.94. The van der Waals surface area contributed by atoms with Crippen LogP contribution in [0, 0.1) is 0 Å². The summed E-state index contributed by atoms with van der Waals surface area (Å²) in [6.45, 7) is 2.41. The van der Waals surface area contributed by atoms with Gasteiger partial charge in [-0.1, -0.05) is 12.8 Å². The number of nitrogens with zero attached hydrogens (tertiary/aromatic N) is 1. The molecule has 0 bridgehead atoms. The zero-order valence-corrected chi connectivity index (χ0v) is 13.3. The molecule has 1 saturated heterocycles. The smallest absolute Gasteiger partial charge is 0.0388 e. The Balaban J connectivity index is 1.52. The molecule has 110 valence electrons. The molecule has 1 N–H and O–H groups in total. The van der Waals surface area contributed by atoms with E-state index in [4.69, 9.17) is 0 Å². The van der Waals surface area contributed by atoms with Crippen molar-refractivity contribution in [1.29, 1.82) is 0 Å². The number of nitrogens with one attached hydrogen (secondary N) is 1. The van der Waals surface area contributed by atoms with E-state index in [9.17, 15) is 0 Å². The summed E-state index contributed by atoms with van der Waals surface area (Å²) in [5.74, 6) is 0. The van der Waals surface area contributed by atoms with Gasteiger partial charge in [0.1, 0.15) is 0 Å². The molecule has 3 rings (SSSR count). The van der Waals surface area contributed by atoms with Crippen molar-refractivity contribution in [2.24, 2.45) is 0 Å². The van der Waals surface area contributed by atoms with E-state index in [1.165, 1.54) is 62.2 Å². The second-order valence-corrected chi connectivity index (χ2v) is 7.67. The third-order valence-electron chi connectivity index (χ3n) is 4.45. The summed E-state index contributed by atoms with van der Waals surface area (Å²) in [5, 5.41) is 4.54. The fraction of sp³-hybridized carbons (Fsp3) is 0.647. The fourth-order valence-electron chi connectivity index (χ4n) is 3.35. The summed E-state index contributed by atoms with van der Waals surface area (Å²) in [4.78, 5) is 3.86. The highest BCUT2D eigenvalue weighted by molar-refractivity contribution is 8.00. The minimum atomic E-state index is 0.613. The predicted octanol–water partition coefficient (Wildman–Crippen LogP) is 4.23. The van der Waals surface area contributed by atoms with Crippen LogP contribution in [0.25, 0.3) is 0 Å². The van der Waals surface area contributed by atoms with E-state index in [0.29, 0.717) is 6.04 Å². The van der Waals surface area contributed by atoms with Gasteiger partial charge in [-0.05, 0) is 63.5 Å². The molecule has 1 saturated carbocycles. The van der Waals surface area contributed by atoms with Gasteiger partial charge in [-0.15, -0.1) is 11.8 Å². The van der Waals surface area contributed by atoms with Gasteiger partial charge in [-0.3, -0.25) is 0 Å². The maximum absolute atomic E-state index is 3.68. The van der Waals surface area contributed by atoms with Crippen molar-refractivity contribution in [1.82, 2.24) is 4.90 Å². The number of rotatable bonds is 4. The number of anilines is 1. The van der Waals surface area contributed by atoms with Crippen LogP contribution in [0.2, 0.25) is 0 Å². The molecular weight excluding hydrogens is 264 g/mol. The second-order valence-electron chi connectivity index (χ2n) is 6.29. The number of likely N-dealkylation sites (N-methyl/N-ethyl adjacent to an activating group) is 1. The minimum absolute atomic E-state index is 0.613. The molecule has 1 heterocycles. The van der Waals surface area contributed by atoms with E-state index < -0.39 is 0 Å². The van der Waals surface area contributed by atoms with E-state index in [1.807, 2.05) is 0 Å². The Labute approximate surface area is 127 Å². The summed E-state index contributed by atoms with van der Waals surface area (Å²) >= 11 is 2.07. The maximum Gasteiger partial charge on any atom is 0.0388 e. The van der Waals surface area contributed by atoms with Gasteiger partial charge >= 0.3 is 0 Å². The molecule has 0 aromatic heterocycles. The molecule has 2 aliphatic rings. The molecule has 0 spiro atoms. The highest BCUT2D eigenvalue weighted by Gasteiger charge is 2.17. The molecular formula is C17H26N2S. The first-order valence-electron chi connectivity index (χ1n) is 8.01. The van der Waals surface area contributed by atoms with E-state index in [2.05, 4.69) is 53.3 Å². The van der Waals surface area contributed by atoms with Gasteiger partial charge in [0.2, 0.25) is 0 Å².